The van der Waals surface area contributed by atoms with E-state index in [-0.39, 0.29) is 28.0 Å². The summed E-state index contributed by atoms with van der Waals surface area (Å²) in [5.74, 6) is -0.159. The maximum Gasteiger partial charge on any atom is 0.353 e. The van der Waals surface area contributed by atoms with Crippen molar-refractivity contribution in [3.8, 4) is 0 Å². The third kappa shape index (κ3) is 5.47. The zero-order valence-electron chi connectivity index (χ0n) is 20.5. The minimum absolute atomic E-state index is 0.00844. The number of hydrogen-bond acceptors (Lipinski definition) is 9. The van der Waals surface area contributed by atoms with Crippen molar-refractivity contribution in [1.29, 1.82) is 0 Å². The molecule has 196 valence electrons. The van der Waals surface area contributed by atoms with Gasteiger partial charge in [-0.2, -0.15) is 4.31 Å². The van der Waals surface area contributed by atoms with E-state index >= 15 is 0 Å². The van der Waals surface area contributed by atoms with Gasteiger partial charge >= 0.3 is 5.69 Å². The third-order valence-electron chi connectivity index (χ3n) is 6.22. The molecule has 0 atom stereocenters. The Morgan fingerprint density at radius 2 is 1.62 bits per heavy atom. The van der Waals surface area contributed by atoms with Crippen molar-refractivity contribution in [2.24, 2.45) is 0 Å². The maximum atomic E-state index is 14.2. The first-order valence-electron chi connectivity index (χ1n) is 11.9. The van der Waals surface area contributed by atoms with Gasteiger partial charge in [0.05, 0.1) is 15.5 Å². The molecule has 1 aromatic heterocycles. The van der Waals surface area contributed by atoms with Gasteiger partial charge in [0.2, 0.25) is 21.7 Å². The molecule has 1 aliphatic rings. The van der Waals surface area contributed by atoms with Crippen LogP contribution < -0.4 is 15.1 Å². The molecule has 11 nitrogen and oxygen atoms in total. The average Bonchev–Trinajstić information content (AvgIpc) is 2.90. The molecule has 1 saturated heterocycles. The number of nitro groups is 1. The number of piperazine rings is 1. The van der Waals surface area contributed by atoms with E-state index in [2.05, 4.69) is 15.3 Å². The monoisotopic (exact) mass is 529 g/mol. The van der Waals surface area contributed by atoms with Crippen LogP contribution in [0.3, 0.4) is 0 Å². The number of rotatable bonds is 9. The quantitative estimate of drug-likeness (QED) is 0.327. The second kappa shape index (κ2) is 11.0. The zero-order chi connectivity index (χ0) is 26.6. The van der Waals surface area contributed by atoms with E-state index in [1.165, 1.54) is 41.0 Å². The lowest BCUT2D eigenvalue weighted by molar-refractivity contribution is -0.383. The molecule has 13 heteroatoms. The van der Waals surface area contributed by atoms with E-state index in [1.807, 2.05) is 4.90 Å². The average molecular weight is 530 g/mol. The Morgan fingerprint density at radius 3 is 2.22 bits per heavy atom. The van der Waals surface area contributed by atoms with Crippen LogP contribution in [0.4, 0.5) is 33.1 Å². The molecule has 3 aromatic rings. The number of nitrogens with one attached hydrogen (secondary N) is 1. The van der Waals surface area contributed by atoms with Gasteiger partial charge in [0.1, 0.15) is 12.1 Å². The largest absolute Gasteiger partial charge is 0.366 e. The first kappa shape index (κ1) is 26.2. The summed E-state index contributed by atoms with van der Waals surface area (Å²) >= 11 is 0. The molecule has 4 rings (SSSR count). The van der Waals surface area contributed by atoms with E-state index in [1.54, 1.807) is 36.9 Å². The molecule has 0 spiro atoms. The summed E-state index contributed by atoms with van der Waals surface area (Å²) in [6.07, 6.45) is 1.24. The summed E-state index contributed by atoms with van der Waals surface area (Å²) in [7, 11) is -3.62. The smallest absolute Gasteiger partial charge is 0.353 e. The lowest BCUT2D eigenvalue weighted by Crippen LogP contribution is -2.47. The number of anilines is 4. The first-order valence-corrected chi connectivity index (χ1v) is 13.3. The van der Waals surface area contributed by atoms with E-state index in [0.717, 1.165) is 0 Å². The van der Waals surface area contributed by atoms with Gasteiger partial charge in [-0.25, -0.2) is 22.8 Å². The van der Waals surface area contributed by atoms with Crippen LogP contribution in [0.25, 0.3) is 0 Å². The van der Waals surface area contributed by atoms with Crippen LogP contribution in [-0.2, 0) is 10.0 Å². The predicted octanol–water partition coefficient (Wildman–Crippen LogP) is 3.62. The molecule has 37 heavy (non-hydrogen) atoms. The van der Waals surface area contributed by atoms with Crippen molar-refractivity contribution < 1.29 is 17.7 Å². The fraction of sp³-hybridized carbons (Fsp3) is 0.333. The minimum atomic E-state index is -3.62. The second-order valence-electron chi connectivity index (χ2n) is 8.32. The topological polar surface area (TPSA) is 125 Å². The molecule has 1 fully saturated rings. The lowest BCUT2D eigenvalue weighted by atomic mass is 10.2. The summed E-state index contributed by atoms with van der Waals surface area (Å²) in [5, 5.41) is 15.0. The first-order chi connectivity index (χ1) is 17.8. The highest BCUT2D eigenvalue weighted by Gasteiger charge is 2.30. The Balaban J connectivity index is 1.54. The summed E-state index contributed by atoms with van der Waals surface area (Å²) in [6.45, 7) is 5.98. The SMILES string of the molecule is CCN(CC)S(=O)(=O)c1ccc(Nc2ncnc(N3CCN(c4ccccc4F)CC3)c2[N+](=O)[O-])cc1. The number of nitrogens with zero attached hydrogens (tertiary/aromatic N) is 6. The van der Waals surface area contributed by atoms with Crippen LogP contribution in [0.2, 0.25) is 0 Å². The zero-order valence-corrected chi connectivity index (χ0v) is 21.4. The van der Waals surface area contributed by atoms with E-state index in [9.17, 15) is 22.9 Å². The van der Waals surface area contributed by atoms with Gasteiger partial charge in [-0.15, -0.1) is 0 Å². The fourth-order valence-corrected chi connectivity index (χ4v) is 5.75. The van der Waals surface area contributed by atoms with Crippen LogP contribution in [0, 0.1) is 15.9 Å². The minimum Gasteiger partial charge on any atom is -0.366 e. The molecule has 1 aliphatic heterocycles. The molecule has 0 radical (unpaired) electrons. The Bertz CT molecular complexity index is 1360. The van der Waals surface area contributed by atoms with Gasteiger partial charge < -0.3 is 15.1 Å². The van der Waals surface area contributed by atoms with Gasteiger partial charge in [0, 0.05) is 45.0 Å². The highest BCUT2D eigenvalue weighted by molar-refractivity contribution is 7.89. The lowest BCUT2D eigenvalue weighted by Gasteiger charge is -2.36. The highest BCUT2D eigenvalue weighted by atomic mass is 32.2. The molecule has 0 saturated carbocycles. The van der Waals surface area contributed by atoms with Crippen molar-refractivity contribution in [3.63, 3.8) is 0 Å². The molecule has 2 heterocycles. The van der Waals surface area contributed by atoms with Gasteiger partial charge in [-0.05, 0) is 36.4 Å². The third-order valence-corrected chi connectivity index (χ3v) is 8.28. The number of aromatic nitrogens is 2. The van der Waals surface area contributed by atoms with Crippen LogP contribution in [-0.4, -0.2) is 66.9 Å². The van der Waals surface area contributed by atoms with Crippen LogP contribution >= 0.6 is 0 Å². The van der Waals surface area contributed by atoms with Crippen LogP contribution in [0.5, 0.6) is 0 Å². The molecule has 0 amide bonds. The predicted molar refractivity (Wildman–Crippen MR) is 139 cm³/mol. The Hall–Kier alpha value is -3.84. The molecule has 0 unspecified atom stereocenters. The van der Waals surface area contributed by atoms with Gasteiger partial charge in [0.25, 0.3) is 0 Å². The Labute approximate surface area is 214 Å². The van der Waals surface area contributed by atoms with Crippen molar-refractivity contribution in [2.75, 3.05) is 54.4 Å². The number of sulfonamides is 1. The van der Waals surface area contributed by atoms with Crippen molar-refractivity contribution in [2.45, 2.75) is 18.7 Å². The Kier molecular flexibility index (Phi) is 7.83. The maximum absolute atomic E-state index is 14.2. The van der Waals surface area contributed by atoms with Crippen molar-refractivity contribution in [3.05, 3.63) is 70.8 Å². The number of para-hydroxylation sites is 1. The summed E-state index contributed by atoms with van der Waals surface area (Å²) in [5.41, 5.74) is 0.644. The van der Waals surface area contributed by atoms with Crippen LogP contribution in [0.15, 0.2) is 59.8 Å². The van der Waals surface area contributed by atoms with Gasteiger partial charge in [0.15, 0.2) is 0 Å². The van der Waals surface area contributed by atoms with E-state index in [0.29, 0.717) is 50.6 Å². The summed E-state index contributed by atoms with van der Waals surface area (Å²) < 4.78 is 41.0. The highest BCUT2D eigenvalue weighted by Crippen LogP contribution is 2.34. The molecular formula is C24H28FN7O4S. The fourth-order valence-electron chi connectivity index (χ4n) is 4.29. The van der Waals surface area contributed by atoms with Crippen molar-refractivity contribution in [1.82, 2.24) is 14.3 Å². The standard InChI is InChI=1S/C24H28FN7O4S/c1-3-31(4-2)37(35,36)19-11-9-18(10-12-19)28-23-22(32(33)34)24(27-17-26-23)30-15-13-29(14-16-30)21-8-6-5-7-20(21)25/h5-12,17H,3-4,13-16H2,1-2H3,(H,26,27,28). The molecule has 2 aromatic carbocycles. The summed E-state index contributed by atoms with van der Waals surface area (Å²) in [6, 6.07) is 12.5. The normalized spacial score (nSPS) is 14.2. The molecule has 0 bridgehead atoms. The van der Waals surface area contributed by atoms with Gasteiger partial charge in [-0.1, -0.05) is 26.0 Å². The molecular weight excluding hydrogens is 501 g/mol. The number of halogens is 1. The van der Waals surface area contributed by atoms with Gasteiger partial charge in [-0.3, -0.25) is 10.1 Å². The van der Waals surface area contributed by atoms with Crippen LogP contribution in [0.1, 0.15) is 13.8 Å². The summed E-state index contributed by atoms with van der Waals surface area (Å²) in [4.78, 5) is 23.6. The van der Waals surface area contributed by atoms with Crippen molar-refractivity contribution >= 4 is 38.7 Å². The number of hydrogen-bond donors (Lipinski definition) is 1. The molecule has 1 N–H and O–H groups in total. The Morgan fingerprint density at radius 1 is 1.00 bits per heavy atom. The van der Waals surface area contributed by atoms with E-state index in [4.69, 9.17) is 0 Å². The molecule has 0 aliphatic carbocycles. The number of benzene rings is 2. The van der Waals surface area contributed by atoms with E-state index < -0.39 is 14.9 Å². The second-order valence-corrected chi connectivity index (χ2v) is 10.3.